The molecule has 0 radical (unpaired) electrons. The molecule has 0 fully saturated rings. The van der Waals surface area contributed by atoms with Gasteiger partial charge in [-0.1, -0.05) is 60.7 Å². The maximum absolute atomic E-state index is 12.3. The van der Waals surface area contributed by atoms with Gasteiger partial charge in [0.15, 0.2) is 0 Å². The van der Waals surface area contributed by atoms with Gasteiger partial charge in [-0.2, -0.15) is 0 Å². The summed E-state index contributed by atoms with van der Waals surface area (Å²) in [5.41, 5.74) is 2.09. The van der Waals surface area contributed by atoms with Crippen LogP contribution in [0.3, 0.4) is 0 Å². The third kappa shape index (κ3) is 4.14. The number of rotatable bonds is 5. The number of benzene rings is 3. The van der Waals surface area contributed by atoms with Crippen LogP contribution in [0, 0.1) is 0 Å². The van der Waals surface area contributed by atoms with Crippen molar-refractivity contribution in [2.45, 2.75) is 17.9 Å². The van der Waals surface area contributed by atoms with E-state index in [9.17, 15) is 4.79 Å². The average Bonchev–Trinajstić information content (AvgIpc) is 2.60. The molecule has 0 heterocycles. The highest BCUT2D eigenvalue weighted by molar-refractivity contribution is 7.99. The van der Waals surface area contributed by atoms with Gasteiger partial charge in [-0.15, -0.1) is 11.8 Å². The molecule has 1 atom stereocenters. The molecule has 0 bridgehead atoms. The van der Waals surface area contributed by atoms with E-state index in [2.05, 4.69) is 29.6 Å². The van der Waals surface area contributed by atoms with Crippen molar-refractivity contribution < 1.29 is 4.79 Å². The highest BCUT2D eigenvalue weighted by Gasteiger charge is 2.13. The van der Waals surface area contributed by atoms with Gasteiger partial charge in [0.1, 0.15) is 0 Å². The minimum atomic E-state index is -0.0957. The van der Waals surface area contributed by atoms with Crippen molar-refractivity contribution >= 4 is 34.1 Å². The summed E-state index contributed by atoms with van der Waals surface area (Å²) in [6.07, 6.45) is 0. The number of thioether (sulfide) groups is 1. The van der Waals surface area contributed by atoms with E-state index in [0.29, 0.717) is 0 Å². The Morgan fingerprint density at radius 3 is 2.43 bits per heavy atom. The number of amides is 1. The summed E-state index contributed by atoms with van der Waals surface area (Å²) in [6, 6.07) is 24.4. The van der Waals surface area contributed by atoms with Gasteiger partial charge in [0, 0.05) is 11.4 Å². The maximum atomic E-state index is 12.3. The second-order valence-electron chi connectivity index (χ2n) is 5.49. The predicted octanol–water partition coefficient (Wildman–Crippen LogP) is 5.10. The zero-order valence-corrected chi connectivity index (χ0v) is 13.8. The molecule has 116 valence electrons. The van der Waals surface area contributed by atoms with Crippen LogP contribution in [0.15, 0.2) is 72.8 Å². The van der Waals surface area contributed by atoms with Crippen LogP contribution in [-0.4, -0.2) is 11.2 Å². The van der Waals surface area contributed by atoms with E-state index in [1.165, 1.54) is 10.9 Å². The summed E-state index contributed by atoms with van der Waals surface area (Å²) >= 11 is 1.65. The van der Waals surface area contributed by atoms with E-state index >= 15 is 0 Å². The van der Waals surface area contributed by atoms with Crippen LogP contribution in [0.4, 0.5) is 5.69 Å². The number of carbonyl (C=O) groups is 1. The third-order valence-corrected chi connectivity index (χ3v) is 4.94. The Labute approximate surface area is 140 Å². The van der Waals surface area contributed by atoms with E-state index in [1.54, 1.807) is 11.8 Å². The maximum Gasteiger partial charge on any atom is 0.237 e. The molecule has 1 amide bonds. The zero-order valence-electron chi connectivity index (χ0n) is 13.0. The molecule has 23 heavy (non-hydrogen) atoms. The number of carbonyl (C=O) groups excluding carboxylic acids is 1. The van der Waals surface area contributed by atoms with E-state index in [1.807, 2.05) is 55.5 Å². The molecule has 3 aromatic carbocycles. The van der Waals surface area contributed by atoms with Gasteiger partial charge < -0.3 is 5.32 Å². The molecule has 3 heteroatoms. The quantitative estimate of drug-likeness (QED) is 0.708. The minimum absolute atomic E-state index is 0.0428. The van der Waals surface area contributed by atoms with Crippen molar-refractivity contribution in [2.24, 2.45) is 0 Å². The van der Waals surface area contributed by atoms with Crippen LogP contribution in [0.5, 0.6) is 0 Å². The lowest BCUT2D eigenvalue weighted by Gasteiger charge is -2.12. The molecule has 0 aliphatic rings. The molecule has 0 aliphatic heterocycles. The van der Waals surface area contributed by atoms with E-state index in [4.69, 9.17) is 0 Å². The van der Waals surface area contributed by atoms with Gasteiger partial charge in [0.05, 0.1) is 5.25 Å². The standard InChI is InChI=1S/C20H19NOS/c1-15(23-14-16-7-3-2-4-8-16)20(22)21-19-12-11-17-9-5-6-10-18(17)13-19/h2-13,15H,14H2,1H3,(H,21,22)/t15-/m0/s1. The molecule has 3 aromatic rings. The van der Waals surface area contributed by atoms with Crippen LogP contribution < -0.4 is 5.32 Å². The van der Waals surface area contributed by atoms with Gasteiger partial charge in [-0.05, 0) is 35.4 Å². The number of hydrogen-bond donors (Lipinski definition) is 1. The first-order valence-corrected chi connectivity index (χ1v) is 8.72. The molecule has 1 N–H and O–H groups in total. The lowest BCUT2D eigenvalue weighted by molar-refractivity contribution is -0.115. The molecular weight excluding hydrogens is 302 g/mol. The molecular formula is C20H19NOS. The van der Waals surface area contributed by atoms with Gasteiger partial charge in [-0.3, -0.25) is 4.79 Å². The second kappa shape index (κ2) is 7.34. The molecule has 0 aliphatic carbocycles. The van der Waals surface area contributed by atoms with Gasteiger partial charge in [0.2, 0.25) is 5.91 Å². The van der Waals surface area contributed by atoms with Crippen LogP contribution in [-0.2, 0) is 10.5 Å². The Morgan fingerprint density at radius 1 is 0.957 bits per heavy atom. The molecule has 2 nitrogen and oxygen atoms in total. The molecule has 0 unspecified atom stereocenters. The largest absolute Gasteiger partial charge is 0.325 e. The van der Waals surface area contributed by atoms with Crippen molar-refractivity contribution in [3.8, 4) is 0 Å². The van der Waals surface area contributed by atoms with Crippen molar-refractivity contribution in [1.29, 1.82) is 0 Å². The summed E-state index contributed by atoms with van der Waals surface area (Å²) < 4.78 is 0. The highest BCUT2D eigenvalue weighted by atomic mass is 32.2. The Morgan fingerprint density at radius 2 is 1.65 bits per heavy atom. The molecule has 0 aromatic heterocycles. The SMILES string of the molecule is C[C@H](SCc1ccccc1)C(=O)Nc1ccc2ccccc2c1. The third-order valence-electron chi connectivity index (χ3n) is 3.73. The Hall–Kier alpha value is -2.26. The summed E-state index contributed by atoms with van der Waals surface area (Å²) in [5, 5.41) is 5.23. The average molecular weight is 321 g/mol. The summed E-state index contributed by atoms with van der Waals surface area (Å²) in [5.74, 6) is 0.883. The number of fused-ring (bicyclic) bond motifs is 1. The Bertz CT molecular complexity index is 801. The summed E-state index contributed by atoms with van der Waals surface area (Å²) in [7, 11) is 0. The van der Waals surface area contributed by atoms with Gasteiger partial charge >= 0.3 is 0 Å². The minimum Gasteiger partial charge on any atom is -0.325 e. The first-order valence-electron chi connectivity index (χ1n) is 7.67. The summed E-state index contributed by atoms with van der Waals surface area (Å²) in [4.78, 5) is 12.3. The second-order valence-corrected chi connectivity index (χ2v) is 6.82. The van der Waals surface area contributed by atoms with E-state index < -0.39 is 0 Å². The predicted molar refractivity (Wildman–Crippen MR) is 99.8 cm³/mol. The fraction of sp³-hybridized carbons (Fsp3) is 0.150. The molecule has 0 spiro atoms. The number of nitrogens with one attached hydrogen (secondary N) is 1. The van der Waals surface area contributed by atoms with Crippen molar-refractivity contribution in [3.63, 3.8) is 0 Å². The first kappa shape index (κ1) is 15.6. The van der Waals surface area contributed by atoms with Crippen molar-refractivity contribution in [1.82, 2.24) is 0 Å². The highest BCUT2D eigenvalue weighted by Crippen LogP contribution is 2.22. The monoisotopic (exact) mass is 321 g/mol. The summed E-state index contributed by atoms with van der Waals surface area (Å²) in [6.45, 7) is 1.95. The Balaban J connectivity index is 1.60. The normalized spacial score (nSPS) is 12.0. The number of anilines is 1. The van der Waals surface area contributed by atoms with Gasteiger partial charge in [-0.25, -0.2) is 0 Å². The van der Waals surface area contributed by atoms with Crippen molar-refractivity contribution in [2.75, 3.05) is 5.32 Å². The fourth-order valence-electron chi connectivity index (χ4n) is 2.38. The smallest absolute Gasteiger partial charge is 0.237 e. The number of hydrogen-bond acceptors (Lipinski definition) is 2. The lowest BCUT2D eigenvalue weighted by atomic mass is 10.1. The van der Waals surface area contributed by atoms with Crippen LogP contribution in [0.2, 0.25) is 0 Å². The van der Waals surface area contributed by atoms with Crippen LogP contribution >= 0.6 is 11.8 Å². The molecule has 0 saturated carbocycles. The van der Waals surface area contributed by atoms with Gasteiger partial charge in [0.25, 0.3) is 0 Å². The topological polar surface area (TPSA) is 29.1 Å². The van der Waals surface area contributed by atoms with Crippen molar-refractivity contribution in [3.05, 3.63) is 78.4 Å². The van der Waals surface area contributed by atoms with Crippen LogP contribution in [0.25, 0.3) is 10.8 Å². The lowest BCUT2D eigenvalue weighted by Crippen LogP contribution is -2.22. The molecule has 0 saturated heterocycles. The van der Waals surface area contributed by atoms with Crippen LogP contribution in [0.1, 0.15) is 12.5 Å². The zero-order chi connectivity index (χ0) is 16.1. The fourth-order valence-corrected chi connectivity index (χ4v) is 3.23. The van der Waals surface area contributed by atoms with E-state index in [0.717, 1.165) is 16.8 Å². The molecule has 3 rings (SSSR count). The van der Waals surface area contributed by atoms with E-state index in [-0.39, 0.29) is 11.2 Å². The Kier molecular flexibility index (Phi) is 4.99. The first-order chi connectivity index (χ1) is 11.2.